The van der Waals surface area contributed by atoms with Gasteiger partial charge in [0.15, 0.2) is 5.82 Å². The molecule has 0 spiro atoms. The third-order valence-electron chi connectivity index (χ3n) is 14.7. The molecule has 3 aromatic heterocycles. The molecule has 0 radical (unpaired) electrons. The van der Waals surface area contributed by atoms with E-state index in [1.54, 1.807) is 92.7 Å². The Kier molecular flexibility index (Phi) is 12.1. The van der Waals surface area contributed by atoms with Gasteiger partial charge in [-0.05, 0) is 143 Å². The second-order valence-electron chi connectivity index (χ2n) is 19.3. The summed E-state index contributed by atoms with van der Waals surface area (Å²) in [6.07, 6.45) is 0. The Morgan fingerprint density at radius 2 is 0.585 bits per heavy atom. The van der Waals surface area contributed by atoms with Crippen LogP contribution in [0.25, 0.3) is 111 Å². The first-order valence-corrected chi connectivity index (χ1v) is 25.3. The summed E-state index contributed by atoms with van der Waals surface area (Å²) in [4.78, 5) is 14.5. The minimum absolute atomic E-state index is 0.211. The van der Waals surface area contributed by atoms with Crippen molar-refractivity contribution in [2.45, 2.75) is 13.8 Å². The zero-order valence-corrected chi connectivity index (χ0v) is 43.3. The molecule has 9 aromatic carbocycles. The van der Waals surface area contributed by atoms with Crippen molar-refractivity contribution in [3.05, 3.63) is 219 Å². The lowest BCUT2D eigenvalue weighted by Gasteiger charge is -2.19. The molecule has 0 amide bonds. The van der Waals surface area contributed by atoms with E-state index >= 15 is 0 Å². The van der Waals surface area contributed by atoms with Gasteiger partial charge in [-0.3, -0.25) is 0 Å². The molecule has 0 fully saturated rings. The number of benzene rings is 9. The Balaban J connectivity index is 1.22. The molecule has 12 aromatic rings. The fourth-order valence-electron chi connectivity index (χ4n) is 11.0. The molecule has 0 aliphatic rings. The van der Waals surface area contributed by atoms with Gasteiger partial charge in [0.05, 0.1) is 132 Å². The molecule has 0 bridgehead atoms. The lowest BCUT2D eigenvalue weighted by atomic mass is 9.96. The molecule has 12 rings (SSSR count). The van der Waals surface area contributed by atoms with Gasteiger partial charge in [-0.2, -0.15) is 47.4 Å². The molecule has 14 nitrogen and oxygen atoms in total. The number of aryl methyl sites for hydroxylation is 2. The van der Waals surface area contributed by atoms with Crippen molar-refractivity contribution in [3.8, 4) is 122 Å². The molecule has 0 saturated heterocycles. The van der Waals surface area contributed by atoms with Gasteiger partial charge >= 0.3 is 0 Å². The highest BCUT2D eigenvalue weighted by Crippen LogP contribution is 2.44. The summed E-state index contributed by atoms with van der Waals surface area (Å²) < 4.78 is 3.99. The Morgan fingerprint density at radius 1 is 0.280 bits per heavy atom. The lowest BCUT2D eigenvalue weighted by Crippen LogP contribution is -2.07. The fourth-order valence-corrected chi connectivity index (χ4v) is 11.0. The second kappa shape index (κ2) is 19.9. The van der Waals surface area contributed by atoms with Crippen molar-refractivity contribution in [1.82, 2.24) is 24.1 Å². The van der Waals surface area contributed by atoms with Crippen molar-refractivity contribution in [2.24, 2.45) is 0 Å². The van der Waals surface area contributed by atoms with Gasteiger partial charge < -0.3 is 9.13 Å². The maximum Gasteiger partial charge on any atom is 0.165 e. The number of rotatable bonds is 7. The van der Waals surface area contributed by atoms with Crippen molar-refractivity contribution in [1.29, 1.82) is 47.4 Å². The van der Waals surface area contributed by atoms with Crippen molar-refractivity contribution < 1.29 is 0 Å². The van der Waals surface area contributed by atoms with Crippen molar-refractivity contribution >= 4 is 43.6 Å². The van der Waals surface area contributed by atoms with E-state index in [9.17, 15) is 47.4 Å². The van der Waals surface area contributed by atoms with Gasteiger partial charge in [-0.1, -0.05) is 72.8 Å². The highest BCUT2D eigenvalue weighted by molar-refractivity contribution is 6.13. The van der Waals surface area contributed by atoms with E-state index < -0.39 is 0 Å². The zero-order chi connectivity index (χ0) is 56.9. The molecule has 0 aliphatic carbocycles. The molecule has 374 valence electrons. The number of hydrogen-bond donors (Lipinski definition) is 0. The summed E-state index contributed by atoms with van der Waals surface area (Å²) in [6, 6.07) is 66.8. The van der Waals surface area contributed by atoms with Crippen LogP contribution in [0.5, 0.6) is 0 Å². The highest BCUT2D eigenvalue weighted by Gasteiger charge is 2.26. The van der Waals surface area contributed by atoms with Crippen LogP contribution in [0.3, 0.4) is 0 Å². The van der Waals surface area contributed by atoms with Crippen LogP contribution >= 0.6 is 0 Å². The Morgan fingerprint density at radius 3 is 0.878 bits per heavy atom. The van der Waals surface area contributed by atoms with Gasteiger partial charge in [0.1, 0.15) is 17.7 Å². The highest BCUT2D eigenvalue weighted by atomic mass is 15.1. The van der Waals surface area contributed by atoms with Crippen LogP contribution in [0.2, 0.25) is 0 Å². The van der Waals surface area contributed by atoms with E-state index in [2.05, 4.69) is 59.6 Å². The topological polar surface area (TPSA) is 263 Å². The quantitative estimate of drug-likeness (QED) is 0.144. The zero-order valence-electron chi connectivity index (χ0n) is 43.3. The third kappa shape index (κ3) is 8.17. The normalized spacial score (nSPS) is 10.7. The number of nitrogens with zero attached hydrogens (tertiary/aromatic N) is 14. The van der Waals surface area contributed by atoms with E-state index in [4.69, 9.17) is 9.97 Å². The van der Waals surface area contributed by atoms with Crippen LogP contribution in [-0.4, -0.2) is 24.1 Å². The fraction of sp³-hybridized carbons (Fsp3) is 0.0294. The van der Waals surface area contributed by atoms with Gasteiger partial charge in [0, 0.05) is 27.1 Å². The standard InChI is InChI=1S/C68H32N14/c1-38-78-39(2)80-68(79-38)61-28-62(81-63-23-44(53-11-3-40(29-69)19-48(53)33-73)7-15-57(63)58-16-8-45(24-64(58)81)54-12-4-41(30-70)20-49(54)34-74)52(37-77)27-67(61)82-65-25-46(55-13-5-42(31-71)21-50(55)35-75)9-17-59(65)60-18-10-47(26-66(60)82)56-14-6-43(32-72)22-51(56)36-76/h3-28H,1-2H3. The van der Waals surface area contributed by atoms with E-state index in [1.807, 2.05) is 88.0 Å². The van der Waals surface area contributed by atoms with E-state index in [0.29, 0.717) is 140 Å². The number of nitriles is 9. The first-order chi connectivity index (χ1) is 40.0. The summed E-state index contributed by atoms with van der Waals surface area (Å²) in [5.41, 5.74) is 11.7. The van der Waals surface area contributed by atoms with E-state index in [-0.39, 0.29) is 11.4 Å². The average Bonchev–Trinajstić information content (AvgIpc) is 2.64. The first kappa shape index (κ1) is 49.9. The van der Waals surface area contributed by atoms with E-state index in [0.717, 1.165) is 21.5 Å². The minimum atomic E-state index is 0.211. The number of aromatic nitrogens is 5. The summed E-state index contributed by atoms with van der Waals surface area (Å²) in [6.45, 7) is 3.53. The minimum Gasteiger partial charge on any atom is -0.308 e. The Bertz CT molecular complexity index is 4980. The van der Waals surface area contributed by atoms with Crippen LogP contribution in [0.4, 0.5) is 0 Å². The molecule has 0 atom stereocenters. The Labute approximate surface area is 468 Å². The molecular weight excluding hydrogens is 1010 g/mol. The molecular formula is C68H32N14. The van der Waals surface area contributed by atoms with Gasteiger partial charge in [-0.25, -0.2) is 15.0 Å². The van der Waals surface area contributed by atoms with Crippen molar-refractivity contribution in [3.63, 3.8) is 0 Å². The molecule has 0 unspecified atom stereocenters. The largest absolute Gasteiger partial charge is 0.308 e. The first-order valence-electron chi connectivity index (χ1n) is 25.3. The van der Waals surface area contributed by atoms with Gasteiger partial charge in [0.25, 0.3) is 0 Å². The predicted octanol–water partition coefficient (Wildman–Crippen LogP) is 13.9. The maximum atomic E-state index is 11.7. The maximum absolute atomic E-state index is 11.7. The predicted molar refractivity (Wildman–Crippen MR) is 308 cm³/mol. The summed E-state index contributed by atoms with van der Waals surface area (Å²) >= 11 is 0. The van der Waals surface area contributed by atoms with Crippen molar-refractivity contribution in [2.75, 3.05) is 0 Å². The smallest absolute Gasteiger partial charge is 0.165 e. The molecule has 0 aliphatic heterocycles. The third-order valence-corrected chi connectivity index (χ3v) is 14.7. The monoisotopic (exact) mass is 1040 g/mol. The van der Waals surface area contributed by atoms with E-state index in [1.165, 1.54) is 0 Å². The molecule has 3 heterocycles. The summed E-state index contributed by atoms with van der Waals surface area (Å²) in [5, 5.41) is 95.5. The van der Waals surface area contributed by atoms with Gasteiger partial charge in [-0.15, -0.1) is 0 Å². The lowest BCUT2D eigenvalue weighted by molar-refractivity contribution is 0.926. The molecule has 0 saturated carbocycles. The molecule has 0 N–H and O–H groups in total. The molecule has 14 heteroatoms. The average molecular weight is 1050 g/mol. The van der Waals surface area contributed by atoms with Crippen LogP contribution in [0.1, 0.15) is 61.7 Å². The molecule has 82 heavy (non-hydrogen) atoms. The van der Waals surface area contributed by atoms with Gasteiger partial charge in [0.2, 0.25) is 0 Å². The van der Waals surface area contributed by atoms with Crippen LogP contribution in [-0.2, 0) is 0 Å². The SMILES string of the molecule is Cc1nc(C)nc(-c2cc(-n3c4cc(-c5ccc(C#N)cc5C#N)ccc4c4ccc(-c5ccc(C#N)cc5C#N)cc43)c(C#N)cc2-n2c3cc(-c4ccc(C#N)cc4C#N)ccc3c3ccc(-c4ccc(C#N)cc4C#N)cc32)n1. The second-order valence-corrected chi connectivity index (χ2v) is 19.3. The summed E-state index contributed by atoms with van der Waals surface area (Å²) in [7, 11) is 0. The summed E-state index contributed by atoms with van der Waals surface area (Å²) in [5.74, 6) is 1.14. The number of hydrogen-bond acceptors (Lipinski definition) is 12. The Hall–Kier alpha value is -13.0. The van der Waals surface area contributed by atoms with Crippen LogP contribution < -0.4 is 0 Å². The van der Waals surface area contributed by atoms with Crippen LogP contribution in [0.15, 0.2) is 158 Å². The number of fused-ring (bicyclic) bond motifs is 6. The van der Waals surface area contributed by atoms with Crippen LogP contribution in [0, 0.1) is 116 Å².